The van der Waals surface area contributed by atoms with E-state index < -0.39 is 0 Å². The fraction of sp³-hybridized carbons (Fsp3) is 0.250. The van der Waals surface area contributed by atoms with Gasteiger partial charge in [0, 0.05) is 42.1 Å². The summed E-state index contributed by atoms with van der Waals surface area (Å²) in [7, 11) is 0. The summed E-state index contributed by atoms with van der Waals surface area (Å²) in [6.07, 6.45) is 6.41. The van der Waals surface area contributed by atoms with E-state index in [0.717, 1.165) is 28.7 Å². The number of aliphatic hydroxyl groups is 1. The van der Waals surface area contributed by atoms with Crippen molar-refractivity contribution in [1.82, 2.24) is 10.3 Å². The first-order valence-corrected chi connectivity index (χ1v) is 8.61. The fourth-order valence-electron chi connectivity index (χ4n) is 2.80. The molecular weight excluding hydrogens is 328 g/mol. The van der Waals surface area contributed by atoms with Crippen molar-refractivity contribution < 1.29 is 9.90 Å². The van der Waals surface area contributed by atoms with Crippen molar-refractivity contribution in [3.05, 3.63) is 53.4 Å². The highest BCUT2D eigenvalue weighted by molar-refractivity contribution is 6.05. The molecule has 0 radical (unpaired) electrons. The lowest BCUT2D eigenvalue weighted by Crippen LogP contribution is -2.27. The first-order valence-electron chi connectivity index (χ1n) is 8.61. The molecule has 0 atom stereocenters. The van der Waals surface area contributed by atoms with E-state index in [1.165, 1.54) is 0 Å². The summed E-state index contributed by atoms with van der Waals surface area (Å²) in [6.45, 7) is 2.58. The molecule has 0 fully saturated rings. The summed E-state index contributed by atoms with van der Waals surface area (Å²) >= 11 is 0. The van der Waals surface area contributed by atoms with Crippen molar-refractivity contribution in [3.63, 3.8) is 0 Å². The molecule has 6 heteroatoms. The van der Waals surface area contributed by atoms with Crippen LogP contribution in [0.4, 0.5) is 5.69 Å². The van der Waals surface area contributed by atoms with Crippen molar-refractivity contribution in [2.24, 2.45) is 10.7 Å². The molecule has 6 nitrogen and oxygen atoms in total. The third-order valence-corrected chi connectivity index (χ3v) is 4.13. The van der Waals surface area contributed by atoms with Gasteiger partial charge in [-0.05, 0) is 35.8 Å². The summed E-state index contributed by atoms with van der Waals surface area (Å²) in [5.41, 5.74) is 10.8. The van der Waals surface area contributed by atoms with E-state index in [4.69, 9.17) is 5.73 Å². The molecule has 3 rings (SSSR count). The van der Waals surface area contributed by atoms with Crippen LogP contribution in [-0.2, 0) is 11.4 Å². The van der Waals surface area contributed by atoms with Crippen molar-refractivity contribution in [3.8, 4) is 11.1 Å². The van der Waals surface area contributed by atoms with Gasteiger partial charge in [-0.2, -0.15) is 0 Å². The maximum absolute atomic E-state index is 12.3. The molecular formula is C20H22N4O2. The van der Waals surface area contributed by atoms with E-state index in [0.29, 0.717) is 30.1 Å². The molecule has 1 aliphatic heterocycles. The monoisotopic (exact) mass is 350 g/mol. The van der Waals surface area contributed by atoms with Crippen LogP contribution in [-0.4, -0.2) is 28.4 Å². The number of aromatic nitrogens is 1. The molecule has 4 N–H and O–H groups in total. The number of amidine groups is 1. The first-order chi connectivity index (χ1) is 12.6. The molecule has 0 bridgehead atoms. The highest BCUT2D eigenvalue weighted by Crippen LogP contribution is 2.31. The van der Waals surface area contributed by atoms with Crippen molar-refractivity contribution in [1.29, 1.82) is 0 Å². The number of hydrogen-bond donors (Lipinski definition) is 3. The van der Waals surface area contributed by atoms with E-state index in [2.05, 4.69) is 15.3 Å². The summed E-state index contributed by atoms with van der Waals surface area (Å²) in [4.78, 5) is 20.9. The van der Waals surface area contributed by atoms with Crippen LogP contribution in [0, 0.1) is 0 Å². The predicted octanol–water partition coefficient (Wildman–Crippen LogP) is 2.54. The minimum atomic E-state index is -0.109. The molecule has 0 unspecified atom stereocenters. The molecule has 134 valence electrons. The number of pyridine rings is 1. The summed E-state index contributed by atoms with van der Waals surface area (Å²) in [6, 6.07) is 7.68. The maximum Gasteiger partial charge on any atom is 0.247 e. The number of rotatable bonds is 5. The van der Waals surface area contributed by atoms with Gasteiger partial charge in [-0.15, -0.1) is 0 Å². The Labute approximate surface area is 152 Å². The Morgan fingerprint density at radius 2 is 2.12 bits per heavy atom. The number of nitrogens with zero attached hydrogens (tertiary/aromatic N) is 2. The number of nitrogens with two attached hydrogens (primary N) is 1. The Kier molecular flexibility index (Phi) is 5.43. The quantitative estimate of drug-likeness (QED) is 0.771. The van der Waals surface area contributed by atoms with Crippen LogP contribution in [0.2, 0.25) is 0 Å². The molecule has 0 spiro atoms. The number of amides is 1. The van der Waals surface area contributed by atoms with Gasteiger partial charge in [0.05, 0.1) is 12.3 Å². The van der Waals surface area contributed by atoms with E-state index in [1.807, 2.05) is 37.3 Å². The van der Waals surface area contributed by atoms with Gasteiger partial charge in [-0.25, -0.2) is 4.99 Å². The lowest BCUT2D eigenvalue weighted by atomic mass is 10.0. The molecule has 1 aromatic heterocycles. The van der Waals surface area contributed by atoms with Gasteiger partial charge >= 0.3 is 0 Å². The Balaban J connectivity index is 1.97. The zero-order valence-electron chi connectivity index (χ0n) is 14.7. The molecule has 0 aliphatic carbocycles. The van der Waals surface area contributed by atoms with E-state index >= 15 is 0 Å². The first kappa shape index (κ1) is 17.8. The fourth-order valence-corrected chi connectivity index (χ4v) is 2.80. The molecule has 0 saturated heterocycles. The number of benzene rings is 1. The van der Waals surface area contributed by atoms with Crippen LogP contribution in [0.3, 0.4) is 0 Å². The topological polar surface area (TPSA) is 101 Å². The second kappa shape index (κ2) is 7.93. The van der Waals surface area contributed by atoms with Crippen LogP contribution in [0.15, 0.2) is 47.2 Å². The lowest BCUT2D eigenvalue weighted by Gasteiger charge is -2.07. The lowest BCUT2D eigenvalue weighted by molar-refractivity contribution is -0.117. The predicted molar refractivity (Wildman–Crippen MR) is 103 cm³/mol. The molecule has 1 aliphatic rings. The zero-order valence-corrected chi connectivity index (χ0v) is 14.7. The number of fused-ring (bicyclic) bond motifs is 1. The second-order valence-corrected chi connectivity index (χ2v) is 6.22. The van der Waals surface area contributed by atoms with E-state index in [-0.39, 0.29) is 12.5 Å². The Morgan fingerprint density at radius 3 is 2.88 bits per heavy atom. The van der Waals surface area contributed by atoms with Gasteiger partial charge in [0.25, 0.3) is 0 Å². The molecule has 26 heavy (non-hydrogen) atoms. The molecule has 2 aromatic rings. The zero-order chi connectivity index (χ0) is 18.5. The normalized spacial score (nSPS) is 13.3. The third-order valence-electron chi connectivity index (χ3n) is 4.13. The van der Waals surface area contributed by atoms with E-state index in [9.17, 15) is 9.90 Å². The average molecular weight is 350 g/mol. The van der Waals surface area contributed by atoms with Crippen molar-refractivity contribution in [2.75, 3.05) is 6.54 Å². The van der Waals surface area contributed by atoms with Gasteiger partial charge in [0.1, 0.15) is 5.84 Å². The number of carbonyl (C=O) groups is 1. The van der Waals surface area contributed by atoms with Gasteiger partial charge < -0.3 is 16.2 Å². The smallest absolute Gasteiger partial charge is 0.247 e. The van der Waals surface area contributed by atoms with Crippen LogP contribution < -0.4 is 11.1 Å². The largest absolute Gasteiger partial charge is 0.392 e. The molecule has 1 amide bonds. The van der Waals surface area contributed by atoms with Crippen LogP contribution >= 0.6 is 0 Å². The molecule has 1 aromatic carbocycles. The summed E-state index contributed by atoms with van der Waals surface area (Å²) in [5, 5.41) is 12.2. The number of aliphatic imine (C=N–C) groups is 1. The van der Waals surface area contributed by atoms with Gasteiger partial charge in [-0.1, -0.05) is 19.1 Å². The Bertz CT molecular complexity index is 887. The number of carbonyl (C=O) groups excluding carboxylic acids is 1. The van der Waals surface area contributed by atoms with E-state index in [1.54, 1.807) is 12.4 Å². The standard InChI is InChI=1S/C20H22N4O2/c1-2-5-23-20(26)16-7-15-4-3-14(8-18(15)24-19(21)9-16)17-6-13(12-25)10-22-11-17/h3-4,6-8,10-11,25H,2,5,9,12H2,1H3,(H2,21,24)(H,23,26). The highest BCUT2D eigenvalue weighted by atomic mass is 16.3. The van der Waals surface area contributed by atoms with Gasteiger partial charge in [0.2, 0.25) is 5.91 Å². The minimum Gasteiger partial charge on any atom is -0.392 e. The highest BCUT2D eigenvalue weighted by Gasteiger charge is 2.16. The molecule has 2 heterocycles. The third kappa shape index (κ3) is 3.97. The van der Waals surface area contributed by atoms with Gasteiger partial charge in [0.15, 0.2) is 0 Å². The average Bonchev–Trinajstić information content (AvgIpc) is 2.83. The van der Waals surface area contributed by atoms with Crippen LogP contribution in [0.5, 0.6) is 0 Å². The molecule has 0 saturated carbocycles. The van der Waals surface area contributed by atoms with Gasteiger partial charge in [-0.3, -0.25) is 9.78 Å². The number of hydrogen-bond acceptors (Lipinski definition) is 5. The maximum atomic E-state index is 12.3. The van der Waals surface area contributed by atoms with Crippen LogP contribution in [0.1, 0.15) is 30.9 Å². The number of aliphatic hydroxyl groups excluding tert-OH is 1. The van der Waals surface area contributed by atoms with Crippen molar-refractivity contribution >= 4 is 23.5 Å². The Hall–Kier alpha value is -2.99. The minimum absolute atomic E-state index is 0.0597. The van der Waals surface area contributed by atoms with Crippen LogP contribution in [0.25, 0.3) is 17.2 Å². The Morgan fingerprint density at radius 1 is 1.27 bits per heavy atom. The summed E-state index contributed by atoms with van der Waals surface area (Å²) < 4.78 is 0. The van der Waals surface area contributed by atoms with Crippen molar-refractivity contribution in [2.45, 2.75) is 26.4 Å². The second-order valence-electron chi connectivity index (χ2n) is 6.22. The SMILES string of the molecule is CCCNC(=O)C1=Cc2ccc(-c3cncc(CO)c3)cc2N=C(N)C1. The summed E-state index contributed by atoms with van der Waals surface area (Å²) in [5.74, 6) is 0.294. The number of nitrogens with one attached hydrogen (secondary N) is 1.